The number of hydrogen-bond donors (Lipinski definition) is 0. The fraction of sp³-hybridized carbons (Fsp3) is 0.455. The highest BCUT2D eigenvalue weighted by molar-refractivity contribution is 5.87. The molecule has 0 bridgehead atoms. The Hall–Kier alpha value is -1.79. The molecular formula is C11H15F3O4. The zero-order valence-corrected chi connectivity index (χ0v) is 10.4. The predicted octanol–water partition coefficient (Wildman–Crippen LogP) is 2.40. The molecule has 0 unspecified atom stereocenters. The van der Waals surface area contributed by atoms with Crippen LogP contribution in [0.3, 0.4) is 0 Å². The van der Waals surface area contributed by atoms with Gasteiger partial charge in [0.25, 0.3) is 0 Å². The number of rotatable bonds is 4. The molecule has 7 heteroatoms. The van der Waals surface area contributed by atoms with Crippen molar-refractivity contribution < 1.29 is 32.2 Å². The number of hydrogen-bond acceptors (Lipinski definition) is 4. The number of esters is 2. The van der Waals surface area contributed by atoms with Gasteiger partial charge in [-0.1, -0.05) is 13.2 Å². The van der Waals surface area contributed by atoms with E-state index in [9.17, 15) is 22.8 Å². The molecule has 0 amide bonds. The van der Waals surface area contributed by atoms with Gasteiger partial charge in [-0.05, 0) is 13.8 Å². The molecule has 0 N–H and O–H groups in total. The minimum Gasteiger partial charge on any atom is -0.466 e. The molecule has 0 saturated carbocycles. The minimum absolute atomic E-state index is 0.196. The highest BCUT2D eigenvalue weighted by Crippen LogP contribution is 2.16. The van der Waals surface area contributed by atoms with Gasteiger partial charge in [-0.3, -0.25) is 0 Å². The quantitative estimate of drug-likeness (QED) is 0.580. The largest absolute Gasteiger partial charge is 0.466 e. The number of ether oxygens (including phenoxy) is 2. The monoisotopic (exact) mass is 268 g/mol. The van der Waals surface area contributed by atoms with Gasteiger partial charge >= 0.3 is 18.0 Å². The summed E-state index contributed by atoms with van der Waals surface area (Å²) in [5.74, 6) is -1.65. The van der Waals surface area contributed by atoms with Gasteiger partial charge in [-0.15, -0.1) is 0 Å². The van der Waals surface area contributed by atoms with Gasteiger partial charge in [0.1, 0.15) is 0 Å². The molecule has 0 heterocycles. The molecule has 0 rings (SSSR count). The summed E-state index contributed by atoms with van der Waals surface area (Å²) < 4.78 is 42.8. The summed E-state index contributed by atoms with van der Waals surface area (Å²) in [4.78, 5) is 20.5. The van der Waals surface area contributed by atoms with Crippen LogP contribution in [0.1, 0.15) is 13.8 Å². The molecule has 0 fully saturated rings. The summed E-state index contributed by atoms with van der Waals surface area (Å²) in [5, 5.41) is 0. The van der Waals surface area contributed by atoms with E-state index in [2.05, 4.69) is 22.6 Å². The van der Waals surface area contributed by atoms with Gasteiger partial charge < -0.3 is 9.47 Å². The van der Waals surface area contributed by atoms with Crippen LogP contribution in [0.15, 0.2) is 24.3 Å². The van der Waals surface area contributed by atoms with Crippen LogP contribution in [-0.4, -0.2) is 31.8 Å². The Morgan fingerprint density at radius 3 is 1.67 bits per heavy atom. The van der Waals surface area contributed by atoms with Crippen LogP contribution in [0.4, 0.5) is 13.2 Å². The summed E-state index contributed by atoms with van der Waals surface area (Å²) in [6.07, 6.45) is -4.03. The zero-order chi connectivity index (χ0) is 14.9. The molecule has 0 spiro atoms. The van der Waals surface area contributed by atoms with Crippen molar-refractivity contribution >= 4 is 11.9 Å². The van der Waals surface area contributed by atoms with Crippen LogP contribution in [0.2, 0.25) is 0 Å². The van der Waals surface area contributed by atoms with Gasteiger partial charge in [0.15, 0.2) is 6.67 Å². The first-order valence-corrected chi connectivity index (χ1v) is 4.63. The molecule has 4 nitrogen and oxygen atoms in total. The molecule has 0 aliphatic carbocycles. The number of carbonyl (C=O) groups is 2. The Morgan fingerprint density at radius 1 is 1.11 bits per heavy atom. The average Bonchev–Trinajstić information content (AvgIpc) is 2.28. The van der Waals surface area contributed by atoms with Gasteiger partial charge in [0.2, 0.25) is 0 Å². The molecule has 18 heavy (non-hydrogen) atoms. The second-order valence-electron chi connectivity index (χ2n) is 3.21. The van der Waals surface area contributed by atoms with Crippen molar-refractivity contribution in [3.05, 3.63) is 24.3 Å². The Morgan fingerprint density at radius 2 is 1.50 bits per heavy atom. The molecule has 0 aromatic carbocycles. The lowest BCUT2D eigenvalue weighted by Crippen LogP contribution is -2.27. The van der Waals surface area contributed by atoms with E-state index >= 15 is 0 Å². The average molecular weight is 268 g/mol. The van der Waals surface area contributed by atoms with E-state index in [4.69, 9.17) is 0 Å². The molecule has 104 valence electrons. The third-order valence-corrected chi connectivity index (χ3v) is 1.28. The first-order valence-electron chi connectivity index (χ1n) is 4.63. The predicted molar refractivity (Wildman–Crippen MR) is 58.7 cm³/mol. The van der Waals surface area contributed by atoms with Crippen LogP contribution >= 0.6 is 0 Å². The third-order valence-electron chi connectivity index (χ3n) is 1.28. The molecular weight excluding hydrogens is 253 g/mol. The first-order chi connectivity index (χ1) is 8.07. The van der Waals surface area contributed by atoms with Gasteiger partial charge in [0.05, 0.1) is 7.11 Å². The third kappa shape index (κ3) is 9.44. The Balaban J connectivity index is 0. The van der Waals surface area contributed by atoms with Gasteiger partial charge in [0, 0.05) is 11.1 Å². The van der Waals surface area contributed by atoms with Crippen LogP contribution in [-0.2, 0) is 19.1 Å². The second kappa shape index (κ2) is 8.32. The van der Waals surface area contributed by atoms with Crippen molar-refractivity contribution in [1.29, 1.82) is 0 Å². The summed E-state index contributed by atoms with van der Waals surface area (Å²) in [7, 11) is 1.33. The van der Waals surface area contributed by atoms with Crippen LogP contribution in [0.5, 0.6) is 0 Å². The van der Waals surface area contributed by atoms with Crippen LogP contribution in [0, 0.1) is 0 Å². The molecule has 0 atom stereocenters. The number of halogens is 3. The van der Waals surface area contributed by atoms with Crippen molar-refractivity contribution in [3.63, 3.8) is 0 Å². The summed E-state index contributed by atoms with van der Waals surface area (Å²) >= 11 is 0. The maximum absolute atomic E-state index is 11.9. The Bertz CT molecular complexity index is 337. The van der Waals surface area contributed by atoms with Crippen LogP contribution in [0.25, 0.3) is 0 Å². The fourth-order valence-electron chi connectivity index (χ4n) is 0.424. The van der Waals surface area contributed by atoms with E-state index in [0.717, 1.165) is 0 Å². The molecule has 0 radical (unpaired) electrons. The zero-order valence-electron chi connectivity index (χ0n) is 10.4. The standard InChI is InChI=1S/C6H7F3O2.C5H8O2/c1-4(2)5(10)11-6(8,9)3-7;1-4(2)5(6)7-3/h1,3H2,2H3;1H2,2-3H3. The maximum Gasteiger partial charge on any atom is 0.429 e. The number of carbonyl (C=O) groups excluding carboxylic acids is 2. The Kier molecular flexibility index (Phi) is 8.59. The maximum atomic E-state index is 11.9. The van der Waals surface area contributed by atoms with E-state index in [1.54, 1.807) is 6.92 Å². The lowest BCUT2D eigenvalue weighted by molar-refractivity contribution is -0.235. The number of alkyl halides is 3. The van der Waals surface area contributed by atoms with E-state index in [1.807, 2.05) is 0 Å². The molecule has 0 saturated heterocycles. The minimum atomic E-state index is -4.03. The lowest BCUT2D eigenvalue weighted by Gasteiger charge is -2.11. The topological polar surface area (TPSA) is 52.6 Å². The summed E-state index contributed by atoms with van der Waals surface area (Å²) in [5.41, 5.74) is 0.237. The smallest absolute Gasteiger partial charge is 0.429 e. The summed E-state index contributed by atoms with van der Waals surface area (Å²) in [6, 6.07) is 0. The van der Waals surface area contributed by atoms with Crippen molar-refractivity contribution in [3.8, 4) is 0 Å². The van der Waals surface area contributed by atoms with Gasteiger partial charge in [-0.25, -0.2) is 14.0 Å². The van der Waals surface area contributed by atoms with Crippen LogP contribution < -0.4 is 0 Å². The van der Waals surface area contributed by atoms with Crippen molar-refractivity contribution in [2.24, 2.45) is 0 Å². The normalized spacial score (nSPS) is 9.67. The van der Waals surface area contributed by atoms with E-state index in [0.29, 0.717) is 5.57 Å². The van der Waals surface area contributed by atoms with E-state index < -0.39 is 18.8 Å². The van der Waals surface area contributed by atoms with Crippen molar-refractivity contribution in [2.45, 2.75) is 20.0 Å². The van der Waals surface area contributed by atoms with Crippen molar-refractivity contribution in [1.82, 2.24) is 0 Å². The highest BCUT2D eigenvalue weighted by atomic mass is 19.3. The molecule has 0 aliphatic heterocycles. The lowest BCUT2D eigenvalue weighted by atomic mass is 10.4. The molecule has 0 aliphatic rings. The molecule has 0 aromatic rings. The fourth-order valence-corrected chi connectivity index (χ4v) is 0.424. The summed E-state index contributed by atoms with van der Waals surface area (Å²) in [6.45, 7) is 7.17. The van der Waals surface area contributed by atoms with Gasteiger partial charge in [-0.2, -0.15) is 8.78 Å². The van der Waals surface area contributed by atoms with Crippen molar-refractivity contribution in [2.75, 3.05) is 13.8 Å². The SMILES string of the molecule is C=C(C)C(=O)OC.C=C(C)C(=O)OC(F)(F)CF. The first kappa shape index (κ1) is 18.6. The van der Waals surface area contributed by atoms with E-state index in [1.165, 1.54) is 14.0 Å². The molecule has 0 aromatic heterocycles. The number of methoxy groups -OCH3 is 1. The van der Waals surface area contributed by atoms with E-state index in [-0.39, 0.29) is 11.5 Å². The second-order valence-corrected chi connectivity index (χ2v) is 3.21. The Labute approximate surface area is 103 Å². The highest BCUT2D eigenvalue weighted by Gasteiger charge is 2.34.